The first-order valence-corrected chi connectivity index (χ1v) is 7.84. The van der Waals surface area contributed by atoms with Gasteiger partial charge in [0, 0.05) is 11.1 Å². The number of hydrogen-bond acceptors (Lipinski definition) is 1. The molecule has 1 atom stereocenters. The maximum absolute atomic E-state index is 13.2. The van der Waals surface area contributed by atoms with Gasteiger partial charge in [0.25, 0.3) is 0 Å². The standard InChI is InChI=1S/C18H20ClF2N/c1-13(10-15-7-8-17(20)18(21)12-15)22-9-3-5-14-4-2-6-16(19)11-14/h2,4,6-8,11-13,22H,3,5,9-10H2,1H3. The topological polar surface area (TPSA) is 12.0 Å². The zero-order chi connectivity index (χ0) is 15.9. The molecule has 22 heavy (non-hydrogen) atoms. The van der Waals surface area contributed by atoms with Gasteiger partial charge in [-0.05, 0) is 68.1 Å². The summed E-state index contributed by atoms with van der Waals surface area (Å²) in [7, 11) is 0. The van der Waals surface area contributed by atoms with Crippen LogP contribution in [0.1, 0.15) is 24.5 Å². The maximum atomic E-state index is 13.2. The predicted octanol–water partition coefficient (Wildman–Crippen LogP) is 4.77. The first-order valence-electron chi connectivity index (χ1n) is 7.46. The molecule has 1 N–H and O–H groups in total. The van der Waals surface area contributed by atoms with Crippen LogP contribution >= 0.6 is 11.6 Å². The fourth-order valence-electron chi connectivity index (χ4n) is 2.43. The van der Waals surface area contributed by atoms with Gasteiger partial charge in [0.15, 0.2) is 11.6 Å². The van der Waals surface area contributed by atoms with Gasteiger partial charge in [-0.25, -0.2) is 8.78 Å². The van der Waals surface area contributed by atoms with E-state index < -0.39 is 11.6 Å². The van der Waals surface area contributed by atoms with Crippen molar-refractivity contribution in [2.24, 2.45) is 0 Å². The van der Waals surface area contributed by atoms with E-state index in [4.69, 9.17) is 11.6 Å². The van der Waals surface area contributed by atoms with Gasteiger partial charge in [0.05, 0.1) is 0 Å². The molecule has 0 bridgehead atoms. The van der Waals surface area contributed by atoms with E-state index in [-0.39, 0.29) is 6.04 Å². The third-order valence-corrected chi connectivity index (χ3v) is 3.79. The van der Waals surface area contributed by atoms with Gasteiger partial charge in [-0.2, -0.15) is 0 Å². The Morgan fingerprint density at radius 1 is 1.05 bits per heavy atom. The molecule has 4 heteroatoms. The molecule has 0 aromatic heterocycles. The quantitative estimate of drug-likeness (QED) is 0.724. The van der Waals surface area contributed by atoms with Crippen molar-refractivity contribution in [2.45, 2.75) is 32.2 Å². The van der Waals surface area contributed by atoms with E-state index in [1.165, 1.54) is 17.7 Å². The molecule has 2 rings (SSSR count). The van der Waals surface area contributed by atoms with Gasteiger partial charge in [0.1, 0.15) is 0 Å². The number of halogens is 3. The van der Waals surface area contributed by atoms with Crippen molar-refractivity contribution in [3.8, 4) is 0 Å². The second kappa shape index (κ2) is 8.25. The molecule has 0 aliphatic carbocycles. The number of hydrogen-bond donors (Lipinski definition) is 1. The zero-order valence-electron chi connectivity index (χ0n) is 12.6. The Morgan fingerprint density at radius 2 is 1.86 bits per heavy atom. The van der Waals surface area contributed by atoms with Crippen molar-refractivity contribution in [3.63, 3.8) is 0 Å². The highest BCUT2D eigenvalue weighted by Crippen LogP contribution is 2.12. The summed E-state index contributed by atoms with van der Waals surface area (Å²) in [6.45, 7) is 2.91. The predicted molar refractivity (Wildman–Crippen MR) is 87.3 cm³/mol. The molecule has 0 heterocycles. The largest absolute Gasteiger partial charge is 0.314 e. The first-order chi connectivity index (χ1) is 10.5. The van der Waals surface area contributed by atoms with Crippen LogP contribution < -0.4 is 5.32 Å². The van der Waals surface area contributed by atoms with Crippen molar-refractivity contribution in [1.29, 1.82) is 0 Å². The lowest BCUT2D eigenvalue weighted by Gasteiger charge is -2.14. The maximum Gasteiger partial charge on any atom is 0.159 e. The minimum atomic E-state index is -0.800. The van der Waals surface area contributed by atoms with Crippen LogP contribution in [0, 0.1) is 11.6 Å². The highest BCUT2D eigenvalue weighted by atomic mass is 35.5. The monoisotopic (exact) mass is 323 g/mol. The van der Waals surface area contributed by atoms with E-state index in [0.29, 0.717) is 6.42 Å². The molecule has 118 valence electrons. The van der Waals surface area contributed by atoms with Crippen LogP contribution in [-0.4, -0.2) is 12.6 Å². The molecule has 0 fully saturated rings. The van der Waals surface area contributed by atoms with Crippen LogP contribution in [0.2, 0.25) is 5.02 Å². The second-order valence-electron chi connectivity index (χ2n) is 5.54. The van der Waals surface area contributed by atoms with Crippen LogP contribution in [0.4, 0.5) is 8.78 Å². The van der Waals surface area contributed by atoms with Crippen molar-refractivity contribution >= 4 is 11.6 Å². The summed E-state index contributed by atoms with van der Waals surface area (Å²) < 4.78 is 26.0. The van der Waals surface area contributed by atoms with E-state index in [1.54, 1.807) is 6.07 Å². The summed E-state index contributed by atoms with van der Waals surface area (Å²) in [6.07, 6.45) is 2.64. The van der Waals surface area contributed by atoms with Gasteiger partial charge in [-0.3, -0.25) is 0 Å². The van der Waals surface area contributed by atoms with E-state index in [0.717, 1.165) is 30.0 Å². The molecule has 2 aromatic rings. The van der Waals surface area contributed by atoms with Gasteiger partial charge in [-0.1, -0.05) is 29.8 Å². The molecule has 0 aliphatic heterocycles. The Morgan fingerprint density at radius 3 is 2.59 bits per heavy atom. The van der Waals surface area contributed by atoms with Crippen LogP contribution in [0.25, 0.3) is 0 Å². The molecular formula is C18H20ClF2N. The van der Waals surface area contributed by atoms with Crippen LogP contribution in [0.15, 0.2) is 42.5 Å². The number of rotatable bonds is 7. The van der Waals surface area contributed by atoms with Crippen LogP contribution in [0.3, 0.4) is 0 Å². The Hall–Kier alpha value is -1.45. The molecule has 0 aliphatic rings. The summed E-state index contributed by atoms with van der Waals surface area (Å²) >= 11 is 5.95. The second-order valence-corrected chi connectivity index (χ2v) is 5.98. The Bertz CT molecular complexity index is 616. The first kappa shape index (κ1) is 16.9. The number of aryl methyl sites for hydroxylation is 1. The van der Waals surface area contributed by atoms with Gasteiger partial charge < -0.3 is 5.32 Å². The molecule has 0 saturated carbocycles. The van der Waals surface area contributed by atoms with E-state index in [2.05, 4.69) is 11.4 Å². The lowest BCUT2D eigenvalue weighted by molar-refractivity contribution is 0.501. The third-order valence-electron chi connectivity index (χ3n) is 3.55. The molecule has 2 aromatic carbocycles. The normalized spacial score (nSPS) is 12.4. The molecule has 1 nitrogen and oxygen atoms in total. The van der Waals surface area contributed by atoms with Crippen molar-refractivity contribution < 1.29 is 8.78 Å². The smallest absolute Gasteiger partial charge is 0.159 e. The Kier molecular flexibility index (Phi) is 6.34. The lowest BCUT2D eigenvalue weighted by atomic mass is 10.1. The fourth-order valence-corrected chi connectivity index (χ4v) is 2.64. The van der Waals surface area contributed by atoms with Crippen molar-refractivity contribution in [3.05, 3.63) is 70.2 Å². The Balaban J connectivity index is 1.71. The van der Waals surface area contributed by atoms with E-state index in [9.17, 15) is 8.78 Å². The van der Waals surface area contributed by atoms with E-state index in [1.807, 2.05) is 25.1 Å². The lowest BCUT2D eigenvalue weighted by Crippen LogP contribution is -2.29. The zero-order valence-corrected chi connectivity index (χ0v) is 13.3. The van der Waals surface area contributed by atoms with Gasteiger partial charge in [-0.15, -0.1) is 0 Å². The third kappa shape index (κ3) is 5.39. The highest BCUT2D eigenvalue weighted by molar-refractivity contribution is 6.30. The molecule has 0 amide bonds. The minimum absolute atomic E-state index is 0.212. The van der Waals surface area contributed by atoms with Gasteiger partial charge in [0.2, 0.25) is 0 Å². The summed E-state index contributed by atoms with van der Waals surface area (Å²) in [6, 6.07) is 12.1. The van der Waals surface area contributed by atoms with Gasteiger partial charge >= 0.3 is 0 Å². The van der Waals surface area contributed by atoms with Crippen LogP contribution in [0.5, 0.6) is 0 Å². The summed E-state index contributed by atoms with van der Waals surface area (Å²) in [4.78, 5) is 0. The molecule has 0 saturated heterocycles. The SMILES string of the molecule is CC(Cc1ccc(F)c(F)c1)NCCCc1cccc(Cl)c1. The summed E-state index contributed by atoms with van der Waals surface area (Å²) in [5.41, 5.74) is 2.02. The number of benzene rings is 2. The number of nitrogens with one attached hydrogen (secondary N) is 1. The molecule has 0 spiro atoms. The summed E-state index contributed by atoms with van der Waals surface area (Å²) in [5, 5.41) is 4.16. The molecular weight excluding hydrogens is 304 g/mol. The average Bonchev–Trinajstić information content (AvgIpc) is 2.48. The molecule has 0 radical (unpaired) electrons. The Labute approximate surface area is 135 Å². The summed E-state index contributed by atoms with van der Waals surface area (Å²) in [5.74, 6) is -1.59. The molecule has 1 unspecified atom stereocenters. The minimum Gasteiger partial charge on any atom is -0.314 e. The van der Waals surface area contributed by atoms with Crippen molar-refractivity contribution in [1.82, 2.24) is 5.32 Å². The fraction of sp³-hybridized carbons (Fsp3) is 0.333. The van der Waals surface area contributed by atoms with Crippen LogP contribution in [-0.2, 0) is 12.8 Å². The average molecular weight is 324 g/mol. The highest BCUT2D eigenvalue weighted by Gasteiger charge is 2.06. The van der Waals surface area contributed by atoms with E-state index >= 15 is 0 Å². The van der Waals surface area contributed by atoms with Crippen molar-refractivity contribution in [2.75, 3.05) is 6.54 Å².